The molecule has 0 amide bonds. The molecular formula is C11H10N2O3. The lowest BCUT2D eigenvalue weighted by atomic mass is 10.1. The van der Waals surface area contributed by atoms with Crippen LogP contribution in [0.15, 0.2) is 40.5 Å². The molecule has 0 saturated heterocycles. The normalized spacial score (nSPS) is 19.3. The third-order valence-corrected chi connectivity index (χ3v) is 2.15. The molecule has 1 atom stereocenters. The second-order valence-corrected chi connectivity index (χ2v) is 3.38. The van der Waals surface area contributed by atoms with Crippen molar-refractivity contribution in [2.24, 2.45) is 0 Å². The van der Waals surface area contributed by atoms with E-state index in [0.717, 1.165) is 0 Å². The lowest BCUT2D eigenvalue weighted by molar-refractivity contribution is -0.132. The van der Waals surface area contributed by atoms with E-state index in [4.69, 9.17) is 9.63 Å². The summed E-state index contributed by atoms with van der Waals surface area (Å²) in [4.78, 5) is 14.8. The summed E-state index contributed by atoms with van der Waals surface area (Å²) < 4.78 is 5.02. The molecule has 1 aliphatic rings. The van der Waals surface area contributed by atoms with Gasteiger partial charge >= 0.3 is 5.97 Å². The summed E-state index contributed by atoms with van der Waals surface area (Å²) in [5.74, 6) is -0.102. The Morgan fingerprint density at radius 3 is 2.94 bits per heavy atom. The number of aromatic nitrogens is 2. The summed E-state index contributed by atoms with van der Waals surface area (Å²) in [5.41, 5.74) is 0.231. The van der Waals surface area contributed by atoms with Gasteiger partial charge in [0.15, 0.2) is 5.82 Å². The van der Waals surface area contributed by atoms with Gasteiger partial charge in [0, 0.05) is 0 Å². The van der Waals surface area contributed by atoms with Gasteiger partial charge in [-0.2, -0.15) is 4.98 Å². The Hall–Kier alpha value is -2.17. The minimum Gasteiger partial charge on any atom is -0.478 e. The molecule has 0 aliphatic heterocycles. The zero-order chi connectivity index (χ0) is 11.5. The maximum Gasteiger partial charge on any atom is 0.335 e. The molecule has 0 radical (unpaired) electrons. The molecule has 1 aromatic heterocycles. The minimum atomic E-state index is -0.955. The second-order valence-electron chi connectivity index (χ2n) is 3.38. The quantitative estimate of drug-likeness (QED) is 0.815. The summed E-state index contributed by atoms with van der Waals surface area (Å²) in [6, 6.07) is 0. The van der Waals surface area contributed by atoms with Crippen LogP contribution in [0.1, 0.15) is 17.6 Å². The van der Waals surface area contributed by atoms with E-state index in [1.165, 1.54) is 12.2 Å². The van der Waals surface area contributed by atoms with Crippen molar-refractivity contribution >= 4 is 5.97 Å². The smallest absolute Gasteiger partial charge is 0.335 e. The number of hydrogen-bond donors (Lipinski definition) is 1. The van der Waals surface area contributed by atoms with Gasteiger partial charge in [0.1, 0.15) is 0 Å². The van der Waals surface area contributed by atoms with Crippen molar-refractivity contribution in [2.75, 3.05) is 0 Å². The first-order chi connectivity index (χ1) is 7.66. The van der Waals surface area contributed by atoms with E-state index in [1.54, 1.807) is 25.2 Å². The average molecular weight is 218 g/mol. The van der Waals surface area contributed by atoms with Crippen LogP contribution >= 0.6 is 0 Å². The molecular weight excluding hydrogens is 208 g/mol. The Morgan fingerprint density at radius 1 is 1.50 bits per heavy atom. The van der Waals surface area contributed by atoms with Crippen molar-refractivity contribution in [3.05, 3.63) is 47.7 Å². The SMILES string of the molecule is Cc1noc(C2C=CC=C(C(=O)O)C=C2)n1. The highest BCUT2D eigenvalue weighted by Crippen LogP contribution is 2.20. The number of allylic oxidation sites excluding steroid dienone is 4. The molecule has 5 heteroatoms. The number of nitrogens with zero attached hydrogens (tertiary/aromatic N) is 2. The van der Waals surface area contributed by atoms with Gasteiger partial charge in [-0.3, -0.25) is 0 Å². The first kappa shape index (κ1) is 10.4. The van der Waals surface area contributed by atoms with Crippen molar-refractivity contribution in [1.82, 2.24) is 10.1 Å². The first-order valence-corrected chi connectivity index (χ1v) is 4.77. The van der Waals surface area contributed by atoms with Crippen LogP contribution in [0.2, 0.25) is 0 Å². The summed E-state index contributed by atoms with van der Waals surface area (Å²) in [5, 5.41) is 12.5. The molecule has 0 spiro atoms. The zero-order valence-corrected chi connectivity index (χ0v) is 8.62. The summed E-state index contributed by atoms with van der Waals surface area (Å²) >= 11 is 0. The molecule has 82 valence electrons. The number of rotatable bonds is 2. The molecule has 16 heavy (non-hydrogen) atoms. The van der Waals surface area contributed by atoms with Crippen LogP contribution in [-0.2, 0) is 4.79 Å². The van der Waals surface area contributed by atoms with E-state index in [2.05, 4.69) is 10.1 Å². The fraction of sp³-hybridized carbons (Fsp3) is 0.182. The average Bonchev–Trinajstić information content (AvgIpc) is 2.54. The molecule has 0 saturated carbocycles. The third kappa shape index (κ3) is 2.08. The Bertz CT molecular complexity index is 497. The lowest BCUT2D eigenvalue weighted by Gasteiger charge is -1.98. The minimum absolute atomic E-state index is 0.172. The van der Waals surface area contributed by atoms with Gasteiger partial charge in [0.25, 0.3) is 0 Å². The first-order valence-electron chi connectivity index (χ1n) is 4.77. The van der Waals surface area contributed by atoms with Crippen molar-refractivity contribution in [3.8, 4) is 0 Å². The van der Waals surface area contributed by atoms with Gasteiger partial charge < -0.3 is 9.63 Å². The van der Waals surface area contributed by atoms with Gasteiger partial charge in [-0.05, 0) is 13.0 Å². The molecule has 0 aromatic carbocycles. The van der Waals surface area contributed by atoms with E-state index in [-0.39, 0.29) is 11.5 Å². The Kier molecular flexibility index (Phi) is 2.68. The highest BCUT2D eigenvalue weighted by Gasteiger charge is 2.14. The standard InChI is InChI=1S/C11H10N2O3/c1-7-12-10(16-13-7)8-3-2-4-9(6-5-8)11(14)15/h2-6,8H,1H3,(H,14,15). The van der Waals surface area contributed by atoms with Gasteiger partial charge in [0.2, 0.25) is 5.89 Å². The molecule has 0 fully saturated rings. The number of carbonyl (C=O) groups is 1. The van der Waals surface area contributed by atoms with Crippen molar-refractivity contribution < 1.29 is 14.4 Å². The summed E-state index contributed by atoms with van der Waals surface area (Å²) in [7, 11) is 0. The van der Waals surface area contributed by atoms with Crippen molar-refractivity contribution in [2.45, 2.75) is 12.8 Å². The van der Waals surface area contributed by atoms with Crippen molar-refractivity contribution in [3.63, 3.8) is 0 Å². The van der Waals surface area contributed by atoms with Crippen LogP contribution in [0.4, 0.5) is 0 Å². The van der Waals surface area contributed by atoms with E-state index < -0.39 is 5.97 Å². The maximum atomic E-state index is 10.7. The maximum absolute atomic E-state index is 10.7. The van der Waals surface area contributed by atoms with Crippen LogP contribution in [0.5, 0.6) is 0 Å². The molecule has 1 aliphatic carbocycles. The Balaban J connectivity index is 2.24. The predicted octanol–water partition coefficient (Wildman–Crippen LogP) is 1.60. The van der Waals surface area contributed by atoms with Gasteiger partial charge in [0.05, 0.1) is 11.5 Å². The van der Waals surface area contributed by atoms with Crippen LogP contribution in [0.25, 0.3) is 0 Å². The molecule has 5 nitrogen and oxygen atoms in total. The number of aliphatic carboxylic acids is 1. The van der Waals surface area contributed by atoms with Gasteiger partial charge in [-0.1, -0.05) is 29.5 Å². The number of carboxylic acid groups (broad SMARTS) is 1. The van der Waals surface area contributed by atoms with E-state index in [0.29, 0.717) is 11.7 Å². The summed E-state index contributed by atoms with van der Waals surface area (Å²) in [6.45, 7) is 1.73. The van der Waals surface area contributed by atoms with E-state index in [9.17, 15) is 4.79 Å². The third-order valence-electron chi connectivity index (χ3n) is 2.15. The van der Waals surface area contributed by atoms with Crippen LogP contribution in [0.3, 0.4) is 0 Å². The van der Waals surface area contributed by atoms with Gasteiger partial charge in [-0.25, -0.2) is 4.79 Å². The lowest BCUT2D eigenvalue weighted by Crippen LogP contribution is -1.96. The molecule has 1 N–H and O–H groups in total. The van der Waals surface area contributed by atoms with Gasteiger partial charge in [-0.15, -0.1) is 0 Å². The van der Waals surface area contributed by atoms with E-state index >= 15 is 0 Å². The fourth-order valence-corrected chi connectivity index (χ4v) is 1.36. The molecule has 1 unspecified atom stereocenters. The van der Waals surface area contributed by atoms with Crippen molar-refractivity contribution in [1.29, 1.82) is 0 Å². The predicted molar refractivity (Wildman–Crippen MR) is 55.8 cm³/mol. The number of carboxylic acids is 1. The molecule has 0 bridgehead atoms. The second kappa shape index (κ2) is 4.14. The molecule has 2 rings (SSSR count). The largest absolute Gasteiger partial charge is 0.478 e. The fourth-order valence-electron chi connectivity index (χ4n) is 1.36. The molecule has 1 aromatic rings. The highest BCUT2D eigenvalue weighted by atomic mass is 16.5. The Morgan fingerprint density at radius 2 is 2.31 bits per heavy atom. The Labute approximate surface area is 91.8 Å². The number of hydrogen-bond acceptors (Lipinski definition) is 4. The zero-order valence-electron chi connectivity index (χ0n) is 8.62. The van der Waals surface area contributed by atoms with Crippen LogP contribution in [-0.4, -0.2) is 21.2 Å². The number of aryl methyl sites for hydroxylation is 1. The van der Waals surface area contributed by atoms with Crippen LogP contribution < -0.4 is 0 Å². The van der Waals surface area contributed by atoms with Crippen LogP contribution in [0, 0.1) is 6.92 Å². The highest BCUT2D eigenvalue weighted by molar-refractivity contribution is 5.90. The molecule has 1 heterocycles. The summed E-state index contributed by atoms with van der Waals surface area (Å²) in [6.07, 6.45) is 8.26. The topological polar surface area (TPSA) is 76.2 Å². The van der Waals surface area contributed by atoms with E-state index in [1.807, 2.05) is 0 Å². The monoisotopic (exact) mass is 218 g/mol.